The van der Waals surface area contributed by atoms with Crippen LogP contribution in [0.2, 0.25) is 10.0 Å². The van der Waals surface area contributed by atoms with Gasteiger partial charge in [-0.05, 0) is 49.5 Å². The molecule has 0 fully saturated rings. The predicted octanol–water partition coefficient (Wildman–Crippen LogP) is 5.14. The fourth-order valence-corrected chi connectivity index (χ4v) is 5.91. The fraction of sp³-hybridized carbons (Fsp3) is 0.364. The van der Waals surface area contributed by atoms with E-state index in [9.17, 15) is 13.2 Å². The van der Waals surface area contributed by atoms with Crippen LogP contribution >= 0.6 is 34.5 Å². The van der Waals surface area contributed by atoms with Crippen LogP contribution < -0.4 is 4.90 Å². The number of thiazole rings is 1. The molecule has 0 aliphatic heterocycles. The van der Waals surface area contributed by atoms with Crippen molar-refractivity contribution in [2.24, 2.45) is 0 Å². The van der Waals surface area contributed by atoms with E-state index in [1.165, 1.54) is 35.6 Å². The Labute approximate surface area is 202 Å². The van der Waals surface area contributed by atoms with Gasteiger partial charge in [-0.2, -0.15) is 0 Å². The van der Waals surface area contributed by atoms with Gasteiger partial charge >= 0.3 is 0 Å². The lowest BCUT2D eigenvalue weighted by atomic mass is 10.3. The number of rotatable bonds is 10. The highest BCUT2D eigenvalue weighted by Crippen LogP contribution is 2.33. The van der Waals surface area contributed by atoms with Crippen LogP contribution in [0.5, 0.6) is 0 Å². The number of para-hydroxylation sites is 1. The van der Waals surface area contributed by atoms with Gasteiger partial charge in [-0.3, -0.25) is 9.69 Å². The van der Waals surface area contributed by atoms with Gasteiger partial charge in [0, 0.05) is 24.5 Å². The lowest BCUT2D eigenvalue weighted by Crippen LogP contribution is -2.39. The summed E-state index contributed by atoms with van der Waals surface area (Å²) in [6.07, 6.45) is -0.146. The summed E-state index contributed by atoms with van der Waals surface area (Å²) in [6.45, 7) is 6.91. The number of likely N-dealkylation sites (N-methyl/N-ethyl adjacent to an activating group) is 1. The molecule has 3 rings (SSSR count). The van der Waals surface area contributed by atoms with Crippen molar-refractivity contribution in [1.82, 2.24) is 9.88 Å². The third kappa shape index (κ3) is 5.99. The van der Waals surface area contributed by atoms with E-state index in [0.717, 1.165) is 17.8 Å². The number of nitrogens with zero attached hydrogens (tertiary/aromatic N) is 3. The Bertz CT molecular complexity index is 1180. The first-order valence-electron chi connectivity index (χ1n) is 10.3. The summed E-state index contributed by atoms with van der Waals surface area (Å²) in [5, 5.41) is 1.50. The van der Waals surface area contributed by atoms with E-state index < -0.39 is 9.84 Å². The van der Waals surface area contributed by atoms with Crippen LogP contribution in [0.1, 0.15) is 20.3 Å². The molecule has 0 N–H and O–H groups in total. The van der Waals surface area contributed by atoms with E-state index in [4.69, 9.17) is 23.2 Å². The van der Waals surface area contributed by atoms with Crippen LogP contribution in [0.25, 0.3) is 10.2 Å². The van der Waals surface area contributed by atoms with E-state index >= 15 is 0 Å². The van der Waals surface area contributed by atoms with Crippen molar-refractivity contribution in [2.75, 3.05) is 36.8 Å². The van der Waals surface area contributed by atoms with Gasteiger partial charge < -0.3 is 4.90 Å². The Balaban J connectivity index is 1.82. The molecule has 3 aromatic rings. The summed E-state index contributed by atoms with van der Waals surface area (Å²) in [5.41, 5.74) is 0.642. The van der Waals surface area contributed by atoms with E-state index in [2.05, 4.69) is 23.7 Å². The normalized spacial score (nSPS) is 11.9. The number of aromatic nitrogens is 1. The zero-order chi connectivity index (χ0) is 23.3. The Kier molecular flexibility index (Phi) is 8.52. The van der Waals surface area contributed by atoms with Gasteiger partial charge in [0.1, 0.15) is 5.52 Å². The molecule has 6 nitrogen and oxygen atoms in total. The van der Waals surface area contributed by atoms with Crippen molar-refractivity contribution in [2.45, 2.75) is 25.2 Å². The number of carbonyl (C=O) groups excluding carboxylic acids is 1. The summed E-state index contributed by atoms with van der Waals surface area (Å²) in [4.78, 5) is 21.7. The van der Waals surface area contributed by atoms with Crippen LogP contribution in [0.3, 0.4) is 0 Å². The van der Waals surface area contributed by atoms with Gasteiger partial charge in [-0.1, -0.05) is 54.5 Å². The maximum atomic E-state index is 13.2. The molecular weight excluding hydrogens is 489 g/mol. The first-order chi connectivity index (χ1) is 15.2. The topological polar surface area (TPSA) is 70.6 Å². The number of carbonyl (C=O) groups is 1. The van der Waals surface area contributed by atoms with E-state index in [1.807, 2.05) is 12.1 Å². The van der Waals surface area contributed by atoms with Gasteiger partial charge in [0.25, 0.3) is 0 Å². The molecular formula is C22H25Cl2N3O3S2. The maximum Gasteiger partial charge on any atom is 0.229 e. The summed E-state index contributed by atoms with van der Waals surface area (Å²) in [6, 6.07) is 11.5. The Morgan fingerprint density at radius 3 is 2.34 bits per heavy atom. The van der Waals surface area contributed by atoms with Crippen molar-refractivity contribution < 1.29 is 13.2 Å². The van der Waals surface area contributed by atoms with Crippen LogP contribution in [0.15, 0.2) is 47.4 Å². The molecule has 0 saturated carbocycles. The van der Waals surface area contributed by atoms with Crippen molar-refractivity contribution in [3.8, 4) is 0 Å². The van der Waals surface area contributed by atoms with Gasteiger partial charge in [-0.25, -0.2) is 13.4 Å². The second-order valence-electron chi connectivity index (χ2n) is 7.18. The van der Waals surface area contributed by atoms with Crippen molar-refractivity contribution in [3.63, 3.8) is 0 Å². The van der Waals surface area contributed by atoms with Crippen molar-refractivity contribution in [3.05, 3.63) is 52.5 Å². The molecule has 0 saturated heterocycles. The minimum atomic E-state index is -3.61. The molecule has 1 amide bonds. The molecule has 0 aliphatic carbocycles. The third-order valence-corrected chi connectivity index (χ3v) is 8.51. The van der Waals surface area contributed by atoms with Crippen LogP contribution in [0.4, 0.5) is 5.13 Å². The number of halogens is 2. The highest BCUT2D eigenvalue weighted by atomic mass is 35.5. The number of hydrogen-bond acceptors (Lipinski definition) is 6. The molecule has 1 aromatic heterocycles. The largest absolute Gasteiger partial charge is 0.302 e. The van der Waals surface area contributed by atoms with Gasteiger partial charge in [0.15, 0.2) is 15.0 Å². The summed E-state index contributed by atoms with van der Waals surface area (Å²) in [7, 11) is -3.61. The van der Waals surface area contributed by atoms with E-state index in [1.54, 1.807) is 11.0 Å². The minimum absolute atomic E-state index is 0.146. The Hall–Kier alpha value is -1.71. The quantitative estimate of drug-likeness (QED) is 0.375. The number of sulfone groups is 1. The molecule has 172 valence electrons. The molecule has 0 radical (unpaired) electrons. The average molecular weight is 514 g/mol. The van der Waals surface area contributed by atoms with Crippen molar-refractivity contribution >= 4 is 65.6 Å². The van der Waals surface area contributed by atoms with E-state index in [-0.39, 0.29) is 23.0 Å². The second-order valence-corrected chi connectivity index (χ2v) is 11.1. The maximum absolute atomic E-state index is 13.2. The lowest BCUT2D eigenvalue weighted by Gasteiger charge is -2.24. The summed E-state index contributed by atoms with van der Waals surface area (Å²) < 4.78 is 26.3. The first kappa shape index (κ1) is 24.9. The SMILES string of the molecule is CCN(CC)CCN(C(=O)CCS(=O)(=O)c1ccc(Cl)cc1)c1nc2c(Cl)cccc2s1. The molecule has 0 atom stereocenters. The Morgan fingerprint density at radius 1 is 1.03 bits per heavy atom. The number of fused-ring (bicyclic) bond motifs is 1. The fourth-order valence-electron chi connectivity index (χ4n) is 3.24. The lowest BCUT2D eigenvalue weighted by molar-refractivity contribution is -0.118. The number of hydrogen-bond donors (Lipinski definition) is 0. The summed E-state index contributed by atoms with van der Waals surface area (Å²) >= 11 is 13.5. The van der Waals surface area contributed by atoms with Gasteiger partial charge in [0.2, 0.25) is 5.91 Å². The standard InChI is InChI=1S/C22H25Cl2N3O3S2/c1-3-26(4-2)13-14-27(22-25-21-18(24)6-5-7-19(21)31-22)20(28)12-15-32(29,30)17-10-8-16(23)9-11-17/h5-11H,3-4,12-15H2,1-2H3. The van der Waals surface area contributed by atoms with Crippen LogP contribution in [0, 0.1) is 0 Å². The highest BCUT2D eigenvalue weighted by Gasteiger charge is 2.24. The second kappa shape index (κ2) is 10.9. The summed E-state index contributed by atoms with van der Waals surface area (Å²) in [5.74, 6) is -0.578. The zero-order valence-electron chi connectivity index (χ0n) is 17.9. The molecule has 1 heterocycles. The van der Waals surface area contributed by atoms with Gasteiger partial charge in [0.05, 0.1) is 20.4 Å². The number of benzene rings is 2. The van der Waals surface area contributed by atoms with Crippen molar-refractivity contribution in [1.29, 1.82) is 0 Å². The molecule has 0 aliphatic rings. The molecule has 2 aromatic carbocycles. The van der Waals surface area contributed by atoms with Gasteiger partial charge in [-0.15, -0.1) is 0 Å². The molecule has 0 spiro atoms. The predicted molar refractivity (Wildman–Crippen MR) is 133 cm³/mol. The van der Waals surface area contributed by atoms with Crippen LogP contribution in [-0.2, 0) is 14.6 Å². The zero-order valence-corrected chi connectivity index (χ0v) is 21.1. The first-order valence-corrected chi connectivity index (χ1v) is 13.5. The molecule has 32 heavy (non-hydrogen) atoms. The minimum Gasteiger partial charge on any atom is -0.302 e. The molecule has 0 unspecified atom stereocenters. The van der Waals surface area contributed by atoms with Crippen LogP contribution in [-0.4, -0.2) is 56.1 Å². The third-order valence-electron chi connectivity index (χ3n) is 5.18. The number of amides is 1. The number of anilines is 1. The highest BCUT2D eigenvalue weighted by molar-refractivity contribution is 7.91. The van der Waals surface area contributed by atoms with E-state index in [0.29, 0.717) is 33.8 Å². The smallest absolute Gasteiger partial charge is 0.229 e. The average Bonchev–Trinajstić information content (AvgIpc) is 3.21. The molecule has 0 bridgehead atoms. The Morgan fingerprint density at radius 2 is 1.72 bits per heavy atom. The monoisotopic (exact) mass is 513 g/mol. The molecule has 10 heteroatoms.